The molecule has 7 heteroatoms. The van der Waals surface area contributed by atoms with Crippen LogP contribution < -0.4 is 20.3 Å². The number of para-hydroxylation sites is 1. The number of rotatable bonds is 6. The smallest absolute Gasteiger partial charge is 0.279 e. The van der Waals surface area contributed by atoms with Gasteiger partial charge in [0.05, 0.1) is 0 Å². The van der Waals surface area contributed by atoms with Crippen LogP contribution in [0.5, 0.6) is 11.5 Å². The minimum atomic E-state index is -1.00. The molecule has 0 radical (unpaired) electrons. The molecule has 3 aromatic rings. The van der Waals surface area contributed by atoms with Crippen LogP contribution in [-0.2, 0) is 9.59 Å². The second kappa shape index (κ2) is 8.85. The van der Waals surface area contributed by atoms with Gasteiger partial charge in [0.2, 0.25) is 0 Å². The second-order valence-electron chi connectivity index (χ2n) is 6.03. The minimum absolute atomic E-state index is 0.0453. The normalized spacial score (nSPS) is 11.5. The molecular weight excluding hydrogens is 363 g/mol. The Morgan fingerprint density at radius 3 is 2.46 bits per heavy atom. The van der Waals surface area contributed by atoms with Crippen molar-refractivity contribution in [3.05, 3.63) is 72.5 Å². The first-order valence-electron chi connectivity index (χ1n) is 8.64. The highest BCUT2D eigenvalue weighted by atomic mass is 19.1. The summed E-state index contributed by atoms with van der Waals surface area (Å²) < 4.78 is 24.2. The maximum atomic E-state index is 13.5. The molecule has 1 atom stereocenters. The minimum Gasteiger partial charge on any atom is -0.484 e. The number of carbonyl (C=O) groups is 2. The average Bonchev–Trinajstić information content (AvgIpc) is 2.71. The predicted molar refractivity (Wildman–Crippen MR) is 102 cm³/mol. The first-order valence-corrected chi connectivity index (χ1v) is 8.64. The van der Waals surface area contributed by atoms with E-state index in [1.807, 2.05) is 36.4 Å². The molecule has 0 bridgehead atoms. The SMILES string of the molecule is C[C@@H](Oc1ccccc1F)C(=O)NNC(=O)COc1ccc2ccccc2c1. The highest BCUT2D eigenvalue weighted by Crippen LogP contribution is 2.20. The van der Waals surface area contributed by atoms with E-state index < -0.39 is 23.7 Å². The molecule has 0 spiro atoms. The summed E-state index contributed by atoms with van der Waals surface area (Å²) in [5.41, 5.74) is 4.46. The number of carbonyl (C=O) groups excluding carboxylic acids is 2. The summed E-state index contributed by atoms with van der Waals surface area (Å²) in [7, 11) is 0. The number of amides is 2. The largest absolute Gasteiger partial charge is 0.484 e. The lowest BCUT2D eigenvalue weighted by molar-refractivity contribution is -0.133. The van der Waals surface area contributed by atoms with Gasteiger partial charge in [-0.25, -0.2) is 4.39 Å². The van der Waals surface area contributed by atoms with Gasteiger partial charge in [-0.15, -0.1) is 0 Å². The number of halogens is 1. The van der Waals surface area contributed by atoms with Crippen LogP contribution >= 0.6 is 0 Å². The van der Waals surface area contributed by atoms with Crippen molar-refractivity contribution in [1.82, 2.24) is 10.9 Å². The highest BCUT2D eigenvalue weighted by Gasteiger charge is 2.17. The van der Waals surface area contributed by atoms with Gasteiger partial charge in [0.15, 0.2) is 24.3 Å². The Balaban J connectivity index is 1.45. The van der Waals surface area contributed by atoms with Gasteiger partial charge in [0.25, 0.3) is 11.8 Å². The van der Waals surface area contributed by atoms with Crippen LogP contribution in [0.3, 0.4) is 0 Å². The van der Waals surface area contributed by atoms with Gasteiger partial charge in [0, 0.05) is 0 Å². The topological polar surface area (TPSA) is 76.7 Å². The lowest BCUT2D eigenvalue weighted by Crippen LogP contribution is -2.48. The van der Waals surface area contributed by atoms with Crippen LogP contribution in [0, 0.1) is 5.82 Å². The van der Waals surface area contributed by atoms with Gasteiger partial charge in [-0.1, -0.05) is 42.5 Å². The molecule has 28 heavy (non-hydrogen) atoms. The Kier molecular flexibility index (Phi) is 6.06. The van der Waals surface area contributed by atoms with E-state index in [1.54, 1.807) is 12.1 Å². The van der Waals surface area contributed by atoms with Crippen molar-refractivity contribution in [2.24, 2.45) is 0 Å². The van der Waals surface area contributed by atoms with E-state index in [-0.39, 0.29) is 12.4 Å². The zero-order valence-electron chi connectivity index (χ0n) is 15.1. The molecule has 3 aromatic carbocycles. The molecule has 0 aliphatic carbocycles. The standard InChI is InChI=1S/C21H19FN2O4/c1-14(28-19-9-5-4-8-18(19)22)21(26)24-23-20(25)13-27-17-11-10-15-6-2-3-7-16(15)12-17/h2-12,14H,13H2,1H3,(H,23,25)(H,24,26)/t14-/m1/s1. The molecule has 0 aromatic heterocycles. The first kappa shape index (κ1) is 19.2. The molecule has 2 N–H and O–H groups in total. The van der Waals surface area contributed by atoms with E-state index >= 15 is 0 Å². The van der Waals surface area contributed by atoms with Gasteiger partial charge in [-0.3, -0.25) is 20.4 Å². The van der Waals surface area contributed by atoms with Crippen molar-refractivity contribution in [2.45, 2.75) is 13.0 Å². The molecule has 0 aliphatic heterocycles. The van der Waals surface area contributed by atoms with E-state index in [9.17, 15) is 14.0 Å². The zero-order chi connectivity index (χ0) is 19.9. The molecule has 0 saturated heterocycles. The van der Waals surface area contributed by atoms with Crippen molar-refractivity contribution in [3.63, 3.8) is 0 Å². The molecule has 0 unspecified atom stereocenters. The van der Waals surface area contributed by atoms with Gasteiger partial charge in [-0.2, -0.15) is 0 Å². The summed E-state index contributed by atoms with van der Waals surface area (Å²) >= 11 is 0. The van der Waals surface area contributed by atoms with Crippen LogP contribution in [0.15, 0.2) is 66.7 Å². The van der Waals surface area contributed by atoms with Crippen LogP contribution in [0.4, 0.5) is 4.39 Å². The fourth-order valence-corrected chi connectivity index (χ4v) is 2.46. The number of nitrogens with one attached hydrogen (secondary N) is 2. The Hall–Kier alpha value is -3.61. The first-order chi connectivity index (χ1) is 13.5. The highest BCUT2D eigenvalue weighted by molar-refractivity contribution is 5.86. The summed E-state index contributed by atoms with van der Waals surface area (Å²) in [5.74, 6) is -1.25. The molecule has 0 saturated carbocycles. The summed E-state index contributed by atoms with van der Waals surface area (Å²) in [6.07, 6.45) is -1.00. The summed E-state index contributed by atoms with van der Waals surface area (Å²) in [5, 5.41) is 2.06. The average molecular weight is 382 g/mol. The summed E-state index contributed by atoms with van der Waals surface area (Å²) in [6, 6.07) is 19.0. The molecule has 0 heterocycles. The van der Waals surface area contributed by atoms with Crippen LogP contribution in [0.1, 0.15) is 6.92 Å². The fourth-order valence-electron chi connectivity index (χ4n) is 2.46. The molecular formula is C21H19FN2O4. The Bertz CT molecular complexity index is 993. The lowest BCUT2D eigenvalue weighted by Gasteiger charge is -2.15. The number of hydrazine groups is 1. The van der Waals surface area contributed by atoms with Crippen LogP contribution in [0.25, 0.3) is 10.8 Å². The van der Waals surface area contributed by atoms with E-state index in [4.69, 9.17) is 9.47 Å². The number of benzene rings is 3. The molecule has 2 amide bonds. The van der Waals surface area contributed by atoms with E-state index in [1.165, 1.54) is 25.1 Å². The van der Waals surface area contributed by atoms with Crippen molar-refractivity contribution < 1.29 is 23.5 Å². The van der Waals surface area contributed by atoms with Crippen molar-refractivity contribution in [2.75, 3.05) is 6.61 Å². The quantitative estimate of drug-likeness (QED) is 0.643. The van der Waals surface area contributed by atoms with Gasteiger partial charge < -0.3 is 9.47 Å². The molecule has 3 rings (SSSR count). The Labute approximate surface area is 161 Å². The van der Waals surface area contributed by atoms with E-state index in [0.717, 1.165) is 10.8 Å². The molecule has 144 valence electrons. The van der Waals surface area contributed by atoms with Crippen LogP contribution in [-0.4, -0.2) is 24.5 Å². The number of fused-ring (bicyclic) bond motifs is 1. The molecule has 0 fully saturated rings. The van der Waals surface area contributed by atoms with E-state index in [2.05, 4.69) is 10.9 Å². The third-order valence-electron chi connectivity index (χ3n) is 3.93. The predicted octanol–water partition coefficient (Wildman–Crippen LogP) is 2.97. The summed E-state index contributed by atoms with van der Waals surface area (Å²) in [4.78, 5) is 23.8. The van der Waals surface area contributed by atoms with Crippen molar-refractivity contribution >= 4 is 22.6 Å². The van der Waals surface area contributed by atoms with Crippen LogP contribution in [0.2, 0.25) is 0 Å². The fraction of sp³-hybridized carbons (Fsp3) is 0.143. The van der Waals surface area contributed by atoms with Crippen molar-refractivity contribution in [1.29, 1.82) is 0 Å². The zero-order valence-corrected chi connectivity index (χ0v) is 15.1. The maximum absolute atomic E-state index is 13.5. The maximum Gasteiger partial charge on any atom is 0.279 e. The van der Waals surface area contributed by atoms with Crippen molar-refractivity contribution in [3.8, 4) is 11.5 Å². The lowest BCUT2D eigenvalue weighted by atomic mass is 10.1. The Morgan fingerprint density at radius 1 is 0.964 bits per heavy atom. The van der Waals surface area contributed by atoms with E-state index in [0.29, 0.717) is 5.75 Å². The van der Waals surface area contributed by atoms with Gasteiger partial charge in [-0.05, 0) is 42.0 Å². The second-order valence-corrected chi connectivity index (χ2v) is 6.03. The summed E-state index contributed by atoms with van der Waals surface area (Å²) in [6.45, 7) is 1.17. The number of hydrogen-bond acceptors (Lipinski definition) is 4. The Morgan fingerprint density at radius 2 is 1.68 bits per heavy atom. The molecule has 0 aliphatic rings. The molecule has 6 nitrogen and oxygen atoms in total. The number of ether oxygens (including phenoxy) is 2. The van der Waals surface area contributed by atoms with Gasteiger partial charge in [0.1, 0.15) is 5.75 Å². The third-order valence-corrected chi connectivity index (χ3v) is 3.93. The van der Waals surface area contributed by atoms with Gasteiger partial charge >= 0.3 is 0 Å². The number of hydrogen-bond donors (Lipinski definition) is 2. The third kappa shape index (κ3) is 4.97. The monoisotopic (exact) mass is 382 g/mol.